The van der Waals surface area contributed by atoms with Gasteiger partial charge in [-0.2, -0.15) is 0 Å². The monoisotopic (exact) mass is 276 g/mol. The maximum atomic E-state index is 4.81. The summed E-state index contributed by atoms with van der Waals surface area (Å²) in [6, 6.07) is 2.74. The minimum absolute atomic E-state index is 0.631. The van der Waals surface area contributed by atoms with Gasteiger partial charge in [0.2, 0.25) is 0 Å². The Morgan fingerprint density at radius 2 is 2.10 bits per heavy atom. The number of aromatic nitrogens is 2. The summed E-state index contributed by atoms with van der Waals surface area (Å²) in [5, 5.41) is 3.18. The van der Waals surface area contributed by atoms with Crippen LogP contribution in [0.5, 0.6) is 0 Å². The first kappa shape index (κ1) is 15.1. The molecule has 1 aliphatic heterocycles. The van der Waals surface area contributed by atoms with Crippen molar-refractivity contribution in [2.75, 3.05) is 23.8 Å². The minimum Gasteiger partial charge on any atom is -0.373 e. The molecule has 1 N–H and O–H groups in total. The third-order valence-electron chi connectivity index (χ3n) is 4.13. The van der Waals surface area contributed by atoms with Crippen molar-refractivity contribution in [3.8, 4) is 0 Å². The van der Waals surface area contributed by atoms with Gasteiger partial charge in [0.25, 0.3) is 0 Å². The molecule has 0 spiro atoms. The second-order valence-corrected chi connectivity index (χ2v) is 5.63. The number of aryl methyl sites for hydroxylation is 1. The Kier molecular flexibility index (Phi) is 5.62. The zero-order valence-electron chi connectivity index (χ0n) is 13.2. The summed E-state index contributed by atoms with van der Waals surface area (Å²) in [6.45, 7) is 5.59. The predicted molar refractivity (Wildman–Crippen MR) is 85.5 cm³/mol. The molecule has 1 aromatic rings. The number of hydrogen-bond donors (Lipinski definition) is 1. The van der Waals surface area contributed by atoms with E-state index in [1.165, 1.54) is 32.1 Å². The fourth-order valence-electron chi connectivity index (χ4n) is 3.00. The van der Waals surface area contributed by atoms with E-state index in [1.807, 2.05) is 7.05 Å². The molecule has 0 bridgehead atoms. The molecule has 1 aliphatic rings. The van der Waals surface area contributed by atoms with E-state index in [4.69, 9.17) is 4.98 Å². The van der Waals surface area contributed by atoms with Crippen LogP contribution < -0.4 is 10.2 Å². The highest BCUT2D eigenvalue weighted by atomic mass is 15.2. The molecule has 1 aromatic heterocycles. The van der Waals surface area contributed by atoms with Gasteiger partial charge >= 0.3 is 0 Å². The highest BCUT2D eigenvalue weighted by molar-refractivity contribution is 5.50. The lowest BCUT2D eigenvalue weighted by atomic mass is 10.1. The quantitative estimate of drug-likeness (QED) is 0.891. The van der Waals surface area contributed by atoms with E-state index in [-0.39, 0.29) is 0 Å². The smallest absolute Gasteiger partial charge is 0.134 e. The topological polar surface area (TPSA) is 41.1 Å². The van der Waals surface area contributed by atoms with Gasteiger partial charge in [-0.1, -0.05) is 26.7 Å². The van der Waals surface area contributed by atoms with Gasteiger partial charge in [-0.15, -0.1) is 0 Å². The Morgan fingerprint density at radius 3 is 2.80 bits per heavy atom. The van der Waals surface area contributed by atoms with Crippen molar-refractivity contribution in [1.29, 1.82) is 0 Å². The van der Waals surface area contributed by atoms with Gasteiger partial charge in [0.05, 0.1) is 0 Å². The van der Waals surface area contributed by atoms with E-state index in [2.05, 4.69) is 35.1 Å². The van der Waals surface area contributed by atoms with Crippen molar-refractivity contribution in [2.24, 2.45) is 0 Å². The van der Waals surface area contributed by atoms with E-state index in [0.29, 0.717) is 6.04 Å². The Morgan fingerprint density at radius 1 is 1.25 bits per heavy atom. The summed E-state index contributed by atoms with van der Waals surface area (Å²) in [7, 11) is 1.93. The van der Waals surface area contributed by atoms with Crippen LogP contribution in [0.15, 0.2) is 6.07 Å². The zero-order valence-corrected chi connectivity index (χ0v) is 13.2. The lowest BCUT2D eigenvalue weighted by Crippen LogP contribution is -2.35. The van der Waals surface area contributed by atoms with Crippen LogP contribution in [-0.4, -0.2) is 29.6 Å². The molecule has 0 aromatic carbocycles. The standard InChI is InChI=1S/C16H28N4/c1-4-9-14-18-15(17-3)12-16(19-14)20-11-8-6-7-10-13(20)5-2/h12-13H,4-11H2,1-3H3,(H,17,18,19). The van der Waals surface area contributed by atoms with Crippen LogP contribution >= 0.6 is 0 Å². The first-order chi connectivity index (χ1) is 9.78. The van der Waals surface area contributed by atoms with Gasteiger partial charge in [0.1, 0.15) is 17.5 Å². The molecular weight excluding hydrogens is 248 g/mol. The largest absolute Gasteiger partial charge is 0.373 e. The summed E-state index contributed by atoms with van der Waals surface area (Å²) in [5.41, 5.74) is 0. The molecular formula is C16H28N4. The summed E-state index contributed by atoms with van der Waals surface area (Å²) in [4.78, 5) is 11.9. The second-order valence-electron chi connectivity index (χ2n) is 5.63. The molecule has 4 nitrogen and oxygen atoms in total. The van der Waals surface area contributed by atoms with Gasteiger partial charge in [0, 0.05) is 32.1 Å². The number of anilines is 2. The van der Waals surface area contributed by atoms with Gasteiger partial charge in [-0.25, -0.2) is 9.97 Å². The van der Waals surface area contributed by atoms with E-state index in [9.17, 15) is 0 Å². The lowest BCUT2D eigenvalue weighted by Gasteiger charge is -2.30. The summed E-state index contributed by atoms with van der Waals surface area (Å²) >= 11 is 0. The highest BCUT2D eigenvalue weighted by Gasteiger charge is 2.21. The third kappa shape index (κ3) is 3.62. The maximum absolute atomic E-state index is 4.81. The number of nitrogens with zero attached hydrogens (tertiary/aromatic N) is 3. The molecule has 0 saturated carbocycles. The number of rotatable bonds is 5. The molecule has 1 saturated heterocycles. The van der Waals surface area contributed by atoms with Gasteiger partial charge in [-0.3, -0.25) is 0 Å². The molecule has 4 heteroatoms. The summed E-state index contributed by atoms with van der Waals surface area (Å²) < 4.78 is 0. The summed E-state index contributed by atoms with van der Waals surface area (Å²) in [5.74, 6) is 3.02. The molecule has 0 amide bonds. The second kappa shape index (κ2) is 7.46. The van der Waals surface area contributed by atoms with E-state index >= 15 is 0 Å². The van der Waals surface area contributed by atoms with Crippen LogP contribution in [0.1, 0.15) is 58.2 Å². The van der Waals surface area contributed by atoms with Crippen LogP contribution in [0.4, 0.5) is 11.6 Å². The molecule has 112 valence electrons. The lowest BCUT2D eigenvalue weighted by molar-refractivity contribution is 0.551. The van der Waals surface area contributed by atoms with Crippen LogP contribution in [0.2, 0.25) is 0 Å². The van der Waals surface area contributed by atoms with Crippen LogP contribution in [0.3, 0.4) is 0 Å². The molecule has 0 radical (unpaired) electrons. The molecule has 2 heterocycles. The minimum atomic E-state index is 0.631. The molecule has 1 fully saturated rings. The van der Waals surface area contributed by atoms with Crippen molar-refractivity contribution in [2.45, 2.75) is 64.8 Å². The fourth-order valence-corrected chi connectivity index (χ4v) is 3.00. The van der Waals surface area contributed by atoms with Gasteiger partial charge in [-0.05, 0) is 25.7 Å². The van der Waals surface area contributed by atoms with Crippen LogP contribution in [0.25, 0.3) is 0 Å². The van der Waals surface area contributed by atoms with Gasteiger partial charge in [0.15, 0.2) is 0 Å². The van der Waals surface area contributed by atoms with Crippen molar-refractivity contribution in [1.82, 2.24) is 9.97 Å². The summed E-state index contributed by atoms with van der Waals surface area (Å²) in [6.07, 6.45) is 8.50. The maximum Gasteiger partial charge on any atom is 0.134 e. The SMILES string of the molecule is CCCc1nc(NC)cc(N2CCCCCC2CC)n1. The molecule has 1 unspecified atom stereocenters. The zero-order chi connectivity index (χ0) is 14.4. The Bertz CT molecular complexity index is 419. The predicted octanol–water partition coefficient (Wildman–Crippen LogP) is 3.63. The first-order valence-corrected chi connectivity index (χ1v) is 8.10. The molecule has 2 rings (SSSR count). The normalized spacial score (nSPS) is 19.8. The van der Waals surface area contributed by atoms with Crippen LogP contribution in [-0.2, 0) is 6.42 Å². The Labute approximate surface area is 123 Å². The fraction of sp³-hybridized carbons (Fsp3) is 0.750. The molecule has 1 atom stereocenters. The van der Waals surface area contributed by atoms with Crippen molar-refractivity contribution in [3.05, 3.63) is 11.9 Å². The highest BCUT2D eigenvalue weighted by Crippen LogP contribution is 2.26. The van der Waals surface area contributed by atoms with Crippen molar-refractivity contribution >= 4 is 11.6 Å². The van der Waals surface area contributed by atoms with E-state index < -0.39 is 0 Å². The number of hydrogen-bond acceptors (Lipinski definition) is 4. The Hall–Kier alpha value is -1.32. The third-order valence-corrected chi connectivity index (χ3v) is 4.13. The van der Waals surface area contributed by atoms with Crippen molar-refractivity contribution in [3.63, 3.8) is 0 Å². The van der Waals surface area contributed by atoms with E-state index in [0.717, 1.165) is 36.8 Å². The van der Waals surface area contributed by atoms with Gasteiger partial charge < -0.3 is 10.2 Å². The molecule has 0 aliphatic carbocycles. The number of nitrogens with one attached hydrogen (secondary N) is 1. The van der Waals surface area contributed by atoms with E-state index in [1.54, 1.807) is 0 Å². The first-order valence-electron chi connectivity index (χ1n) is 8.10. The Balaban J connectivity index is 2.30. The average Bonchev–Trinajstić information content (AvgIpc) is 2.72. The average molecular weight is 276 g/mol. The van der Waals surface area contributed by atoms with Crippen molar-refractivity contribution < 1.29 is 0 Å². The van der Waals surface area contributed by atoms with Crippen LogP contribution in [0, 0.1) is 0 Å². The molecule has 20 heavy (non-hydrogen) atoms.